The van der Waals surface area contributed by atoms with Crippen molar-refractivity contribution in [3.8, 4) is 0 Å². The van der Waals surface area contributed by atoms with Crippen LogP contribution in [0.1, 0.15) is 32.6 Å². The van der Waals surface area contributed by atoms with Crippen LogP contribution in [0.4, 0.5) is 5.69 Å². The van der Waals surface area contributed by atoms with Crippen molar-refractivity contribution >= 4 is 28.5 Å². The van der Waals surface area contributed by atoms with Crippen LogP contribution in [0.25, 0.3) is 11.1 Å². The van der Waals surface area contributed by atoms with Gasteiger partial charge in [-0.15, -0.1) is 0 Å². The average molecular weight is 413 g/mol. The van der Waals surface area contributed by atoms with Gasteiger partial charge in [-0.2, -0.15) is 0 Å². The normalized spacial score (nSPS) is 19.0. The predicted octanol–water partition coefficient (Wildman–Crippen LogP) is 5.73. The first-order valence-corrected chi connectivity index (χ1v) is 10.6. The van der Waals surface area contributed by atoms with Gasteiger partial charge in [0.15, 0.2) is 11.2 Å². The Morgan fingerprint density at radius 1 is 0.562 bits per heavy atom. The molecule has 0 saturated heterocycles. The molecule has 1 aliphatic carbocycles. The molecule has 1 spiro atoms. The Hall–Kier alpha value is -4.24. The average Bonchev–Trinajstić information content (AvgIpc) is 3.16. The molecule has 1 heterocycles. The number of para-hydroxylation sites is 1. The second-order valence-corrected chi connectivity index (χ2v) is 8.11. The van der Waals surface area contributed by atoms with Gasteiger partial charge in [0.05, 0.1) is 5.69 Å². The fourth-order valence-electron chi connectivity index (χ4n) is 5.14. The van der Waals surface area contributed by atoms with E-state index in [1.807, 2.05) is 97.1 Å². The Morgan fingerprint density at radius 3 is 1.84 bits per heavy atom. The van der Waals surface area contributed by atoms with Crippen molar-refractivity contribution in [3.63, 3.8) is 0 Å². The van der Waals surface area contributed by atoms with Crippen LogP contribution in [-0.2, 0) is 10.2 Å². The van der Waals surface area contributed by atoms with Gasteiger partial charge in [0.25, 0.3) is 0 Å². The highest BCUT2D eigenvalue weighted by molar-refractivity contribution is 6.38. The van der Waals surface area contributed by atoms with E-state index in [9.17, 15) is 9.59 Å². The van der Waals surface area contributed by atoms with E-state index in [1.165, 1.54) is 0 Å². The van der Waals surface area contributed by atoms with Crippen molar-refractivity contribution in [2.24, 2.45) is 0 Å². The zero-order valence-corrected chi connectivity index (χ0v) is 17.2. The van der Waals surface area contributed by atoms with E-state index >= 15 is 0 Å². The maximum absolute atomic E-state index is 14.3. The first kappa shape index (κ1) is 18.5. The van der Waals surface area contributed by atoms with Crippen molar-refractivity contribution in [3.05, 3.63) is 137 Å². The summed E-state index contributed by atoms with van der Waals surface area (Å²) < 4.78 is 0. The van der Waals surface area contributed by atoms with E-state index in [-0.39, 0.29) is 11.7 Å². The summed E-state index contributed by atoms with van der Waals surface area (Å²) in [6, 6.07) is 34.8. The number of anilines is 1. The smallest absolute Gasteiger partial charge is 0.247 e. The monoisotopic (exact) mass is 413 g/mol. The molecule has 0 aromatic heterocycles. The molecule has 1 amide bonds. The minimum absolute atomic E-state index is 0.186. The highest BCUT2D eigenvalue weighted by Crippen LogP contribution is 2.56. The molecule has 32 heavy (non-hydrogen) atoms. The summed E-state index contributed by atoms with van der Waals surface area (Å²) in [4.78, 5) is 28.2. The van der Waals surface area contributed by atoms with Gasteiger partial charge in [0, 0.05) is 5.56 Å². The summed E-state index contributed by atoms with van der Waals surface area (Å²) in [5.74, 6) is -0.493. The molecule has 2 aliphatic rings. The van der Waals surface area contributed by atoms with Gasteiger partial charge in [0.1, 0.15) is 0 Å². The van der Waals surface area contributed by atoms with Gasteiger partial charge < -0.3 is 5.32 Å². The molecule has 6 rings (SSSR count). The van der Waals surface area contributed by atoms with Crippen LogP contribution >= 0.6 is 0 Å². The molecule has 4 aromatic carbocycles. The SMILES string of the molecule is O=C1Nc2ccccc2C(=O)C12C(c1ccccc1)=C(c1ccccc1)c1ccccc12. The van der Waals surface area contributed by atoms with Gasteiger partial charge in [-0.05, 0) is 45.5 Å². The van der Waals surface area contributed by atoms with Crippen LogP contribution < -0.4 is 5.32 Å². The lowest BCUT2D eigenvalue weighted by atomic mass is 9.67. The molecule has 3 heteroatoms. The molecule has 0 bridgehead atoms. The van der Waals surface area contributed by atoms with Crippen LogP contribution in [0, 0.1) is 0 Å². The van der Waals surface area contributed by atoms with Crippen LogP contribution in [0.3, 0.4) is 0 Å². The van der Waals surface area contributed by atoms with Crippen molar-refractivity contribution in [2.45, 2.75) is 5.41 Å². The van der Waals surface area contributed by atoms with Crippen LogP contribution in [0.15, 0.2) is 109 Å². The van der Waals surface area contributed by atoms with E-state index in [4.69, 9.17) is 0 Å². The number of Topliss-reactive ketones (excluding diaryl/α,β-unsaturated/α-hetero) is 1. The van der Waals surface area contributed by atoms with Crippen LogP contribution in [0.5, 0.6) is 0 Å². The lowest BCUT2D eigenvalue weighted by Crippen LogP contribution is -2.50. The third-order valence-electron chi connectivity index (χ3n) is 6.45. The molecule has 1 aliphatic heterocycles. The minimum atomic E-state index is -1.45. The number of carbonyl (C=O) groups excluding carboxylic acids is 2. The van der Waals surface area contributed by atoms with E-state index in [2.05, 4.69) is 5.32 Å². The number of nitrogens with one attached hydrogen (secondary N) is 1. The van der Waals surface area contributed by atoms with Gasteiger partial charge in [-0.25, -0.2) is 0 Å². The van der Waals surface area contributed by atoms with E-state index < -0.39 is 5.41 Å². The third-order valence-corrected chi connectivity index (χ3v) is 6.45. The maximum Gasteiger partial charge on any atom is 0.247 e. The Labute approximate surface area is 186 Å². The van der Waals surface area contributed by atoms with Crippen molar-refractivity contribution < 1.29 is 9.59 Å². The Balaban J connectivity index is 1.78. The second kappa shape index (κ2) is 6.89. The fraction of sp³-hybridized carbons (Fsp3) is 0.0345. The molecule has 1 N–H and O–H groups in total. The molecule has 0 radical (unpaired) electrons. The standard InChI is InChI=1S/C29H19NO2/c31-27-22-16-8-10-18-24(22)30-28(32)29(27)23-17-9-7-15-21(23)25(19-11-3-1-4-12-19)26(29)20-13-5-2-6-14-20/h1-18H,(H,30,32). The van der Waals surface area contributed by atoms with Gasteiger partial charge in [-0.3, -0.25) is 9.59 Å². The zero-order valence-electron chi connectivity index (χ0n) is 17.2. The summed E-state index contributed by atoms with van der Waals surface area (Å²) >= 11 is 0. The molecule has 152 valence electrons. The maximum atomic E-state index is 14.3. The number of amides is 1. The van der Waals surface area contributed by atoms with E-state index in [0.717, 1.165) is 33.4 Å². The van der Waals surface area contributed by atoms with Crippen molar-refractivity contribution in [1.82, 2.24) is 0 Å². The molecule has 1 unspecified atom stereocenters. The molecular formula is C29H19NO2. The fourth-order valence-corrected chi connectivity index (χ4v) is 5.14. The number of hydrogen-bond acceptors (Lipinski definition) is 2. The molecule has 1 atom stereocenters. The van der Waals surface area contributed by atoms with Crippen LogP contribution in [0.2, 0.25) is 0 Å². The number of hydrogen-bond donors (Lipinski definition) is 1. The van der Waals surface area contributed by atoms with Crippen molar-refractivity contribution in [2.75, 3.05) is 5.32 Å². The highest BCUT2D eigenvalue weighted by Gasteiger charge is 2.59. The van der Waals surface area contributed by atoms with Gasteiger partial charge in [0.2, 0.25) is 5.91 Å². The molecule has 3 nitrogen and oxygen atoms in total. The summed E-state index contributed by atoms with van der Waals surface area (Å²) in [6.07, 6.45) is 0. The number of fused-ring (bicyclic) bond motifs is 3. The highest BCUT2D eigenvalue weighted by atomic mass is 16.2. The van der Waals surface area contributed by atoms with Gasteiger partial charge >= 0.3 is 0 Å². The zero-order chi connectivity index (χ0) is 21.7. The number of ketones is 1. The number of benzene rings is 4. The largest absolute Gasteiger partial charge is 0.324 e. The molecule has 4 aromatic rings. The lowest BCUT2D eigenvalue weighted by molar-refractivity contribution is -0.118. The summed E-state index contributed by atoms with van der Waals surface area (Å²) in [5, 5.41) is 3.04. The van der Waals surface area contributed by atoms with E-state index in [0.29, 0.717) is 11.3 Å². The number of carbonyl (C=O) groups is 2. The van der Waals surface area contributed by atoms with Crippen molar-refractivity contribution in [1.29, 1.82) is 0 Å². The first-order valence-electron chi connectivity index (χ1n) is 10.6. The topological polar surface area (TPSA) is 46.2 Å². The lowest BCUT2D eigenvalue weighted by Gasteiger charge is -2.36. The summed E-state index contributed by atoms with van der Waals surface area (Å²) in [6.45, 7) is 0. The third kappa shape index (κ3) is 2.36. The van der Waals surface area contributed by atoms with Gasteiger partial charge in [-0.1, -0.05) is 97.1 Å². The minimum Gasteiger partial charge on any atom is -0.324 e. The molecule has 0 saturated carbocycles. The quantitative estimate of drug-likeness (QED) is 0.427. The van der Waals surface area contributed by atoms with Crippen LogP contribution in [-0.4, -0.2) is 11.7 Å². The summed E-state index contributed by atoms with van der Waals surface area (Å²) in [7, 11) is 0. The molecule has 0 fully saturated rings. The number of rotatable bonds is 2. The Morgan fingerprint density at radius 2 is 1.12 bits per heavy atom. The first-order chi connectivity index (χ1) is 15.7. The second-order valence-electron chi connectivity index (χ2n) is 8.11. The Bertz CT molecular complexity index is 1420. The Kier molecular flexibility index (Phi) is 3.99. The predicted molar refractivity (Wildman–Crippen MR) is 126 cm³/mol. The molecular weight excluding hydrogens is 394 g/mol. The summed E-state index contributed by atoms with van der Waals surface area (Å²) in [5.41, 5.74) is 4.81. The van der Waals surface area contributed by atoms with E-state index in [1.54, 1.807) is 12.1 Å².